The molecule has 0 saturated carbocycles. The molecule has 10 heteroatoms. The summed E-state index contributed by atoms with van der Waals surface area (Å²) in [6.07, 6.45) is 0. The van der Waals surface area contributed by atoms with Crippen molar-refractivity contribution in [1.82, 2.24) is 9.97 Å². The van der Waals surface area contributed by atoms with Crippen LogP contribution in [0.3, 0.4) is 0 Å². The second-order valence-electron chi connectivity index (χ2n) is 14.0. The summed E-state index contributed by atoms with van der Waals surface area (Å²) >= 11 is 6.85. The van der Waals surface area contributed by atoms with Crippen LogP contribution in [0.4, 0.5) is 0 Å². The van der Waals surface area contributed by atoms with Crippen LogP contribution >= 0.6 is 38.6 Å². The van der Waals surface area contributed by atoms with Gasteiger partial charge in [-0.05, 0) is 94.8 Å². The van der Waals surface area contributed by atoms with E-state index < -0.39 is 7.12 Å². The smallest absolute Gasteiger partial charge is 0.436 e. The molecule has 0 aliphatic heterocycles. The number of aromatic nitrogens is 2. The molecule has 0 spiro atoms. The highest BCUT2D eigenvalue weighted by Crippen LogP contribution is 2.40. The average Bonchev–Trinajstić information content (AvgIpc) is 4.09. The molecule has 12 rings (SSSR count). The SMILES string of the molecule is Brc1ccc(-c2nc3ccccc3o2)cc1.C.OB(O)c1cccc2c1sc1ccccc12.c1ccc2oc(-c3ccc(-c4cccc5c4sc4ccccc45)cc3)nc2c1. The van der Waals surface area contributed by atoms with Crippen LogP contribution in [0.5, 0.6) is 0 Å². The molecule has 0 bridgehead atoms. The summed E-state index contributed by atoms with van der Waals surface area (Å²) < 4.78 is 17.4. The summed E-state index contributed by atoms with van der Waals surface area (Å²) in [5.41, 5.74) is 8.44. The second-order valence-corrected chi connectivity index (χ2v) is 17.1. The molecular weight excluding hydrogens is 859 g/mol. The summed E-state index contributed by atoms with van der Waals surface area (Å²) in [5, 5.41) is 23.5. The molecule has 0 aliphatic rings. The van der Waals surface area contributed by atoms with E-state index in [1.165, 1.54) is 41.4 Å². The van der Waals surface area contributed by atoms with E-state index in [0.29, 0.717) is 17.2 Å². The molecule has 0 aliphatic carbocycles. The summed E-state index contributed by atoms with van der Waals surface area (Å²) in [4.78, 5) is 9.03. The van der Waals surface area contributed by atoms with Gasteiger partial charge in [0.25, 0.3) is 0 Å². The molecule has 12 aromatic rings. The van der Waals surface area contributed by atoms with E-state index in [0.717, 1.165) is 47.9 Å². The third-order valence-electron chi connectivity index (χ3n) is 10.2. The van der Waals surface area contributed by atoms with E-state index in [2.05, 4.69) is 98.7 Å². The number of hydrogen-bond donors (Lipinski definition) is 2. The van der Waals surface area contributed by atoms with E-state index in [9.17, 15) is 10.0 Å². The van der Waals surface area contributed by atoms with Gasteiger partial charge < -0.3 is 18.9 Å². The minimum Gasteiger partial charge on any atom is -0.436 e. The van der Waals surface area contributed by atoms with Gasteiger partial charge in [-0.25, -0.2) is 9.97 Å². The number of oxazole rings is 2. The molecule has 6 nitrogen and oxygen atoms in total. The van der Waals surface area contributed by atoms with Crippen LogP contribution in [-0.2, 0) is 0 Å². The van der Waals surface area contributed by atoms with Crippen LogP contribution in [0, 0.1) is 0 Å². The second kappa shape index (κ2) is 17.3. The maximum Gasteiger partial charge on any atom is 0.489 e. The van der Waals surface area contributed by atoms with Crippen LogP contribution < -0.4 is 5.46 Å². The number of halogens is 1. The number of fused-ring (bicyclic) bond motifs is 8. The number of para-hydroxylation sites is 4. The Bertz CT molecular complexity index is 3380. The molecule has 0 fully saturated rings. The summed E-state index contributed by atoms with van der Waals surface area (Å²) in [6, 6.07) is 60.9. The van der Waals surface area contributed by atoms with E-state index in [1.54, 1.807) is 17.4 Å². The lowest BCUT2D eigenvalue weighted by Gasteiger charge is -2.04. The molecule has 0 radical (unpaired) electrons. The van der Waals surface area contributed by atoms with Crippen molar-refractivity contribution in [3.8, 4) is 34.0 Å². The quantitative estimate of drug-likeness (QED) is 0.171. The highest BCUT2D eigenvalue weighted by Gasteiger charge is 2.17. The third kappa shape index (κ3) is 8.00. The van der Waals surface area contributed by atoms with Crippen LogP contribution in [0.1, 0.15) is 7.43 Å². The summed E-state index contributed by atoms with van der Waals surface area (Å²) in [5.74, 6) is 1.32. The van der Waals surface area contributed by atoms with Crippen LogP contribution in [-0.4, -0.2) is 27.1 Å². The van der Waals surface area contributed by atoms with E-state index in [4.69, 9.17) is 8.83 Å². The Kier molecular flexibility index (Phi) is 11.4. The molecule has 0 amide bonds. The lowest BCUT2D eigenvalue weighted by atomic mass is 9.80. The van der Waals surface area contributed by atoms with Gasteiger partial charge in [0.05, 0.1) is 0 Å². The van der Waals surface area contributed by atoms with Crippen molar-refractivity contribution in [2.75, 3.05) is 0 Å². The predicted octanol–water partition coefficient (Wildman–Crippen LogP) is 14.2. The van der Waals surface area contributed by atoms with E-state index >= 15 is 0 Å². The molecule has 2 N–H and O–H groups in total. The minimum atomic E-state index is -1.41. The van der Waals surface area contributed by atoms with Gasteiger partial charge in [0.2, 0.25) is 11.8 Å². The van der Waals surface area contributed by atoms with Gasteiger partial charge in [0.15, 0.2) is 11.2 Å². The zero-order valence-corrected chi connectivity index (χ0v) is 34.9. The van der Waals surface area contributed by atoms with Gasteiger partial charge in [0.1, 0.15) is 11.0 Å². The maximum absolute atomic E-state index is 9.31. The highest BCUT2D eigenvalue weighted by atomic mass is 79.9. The lowest BCUT2D eigenvalue weighted by molar-refractivity contribution is 0.426. The van der Waals surface area contributed by atoms with Gasteiger partial charge >= 0.3 is 7.12 Å². The zero-order valence-electron chi connectivity index (χ0n) is 31.7. The molecule has 4 heterocycles. The number of thiophene rings is 2. The summed E-state index contributed by atoms with van der Waals surface area (Å²) in [7, 11) is -1.41. The largest absolute Gasteiger partial charge is 0.489 e. The van der Waals surface area contributed by atoms with Crippen molar-refractivity contribution >= 4 is 114 Å². The molecule has 61 heavy (non-hydrogen) atoms. The first-order chi connectivity index (χ1) is 29.5. The van der Waals surface area contributed by atoms with Crippen LogP contribution in [0.2, 0.25) is 0 Å². The molecule has 0 saturated heterocycles. The van der Waals surface area contributed by atoms with Crippen molar-refractivity contribution in [2.24, 2.45) is 0 Å². The van der Waals surface area contributed by atoms with Gasteiger partial charge in [-0.15, -0.1) is 22.7 Å². The third-order valence-corrected chi connectivity index (χ3v) is 13.2. The minimum absolute atomic E-state index is 0. The fourth-order valence-electron chi connectivity index (χ4n) is 7.32. The van der Waals surface area contributed by atoms with Crippen molar-refractivity contribution in [1.29, 1.82) is 0 Å². The van der Waals surface area contributed by atoms with Crippen LogP contribution in [0.25, 0.3) is 96.6 Å². The molecule has 296 valence electrons. The van der Waals surface area contributed by atoms with Crippen molar-refractivity contribution < 1.29 is 18.9 Å². The lowest BCUT2D eigenvalue weighted by Crippen LogP contribution is -2.29. The fourth-order valence-corrected chi connectivity index (χ4v) is 10.1. The first-order valence-electron chi connectivity index (χ1n) is 19.2. The van der Waals surface area contributed by atoms with Crippen molar-refractivity contribution in [2.45, 2.75) is 7.43 Å². The fraction of sp³-hybridized carbons (Fsp3) is 0.0196. The molecule has 8 aromatic carbocycles. The van der Waals surface area contributed by atoms with E-state index in [1.807, 2.05) is 114 Å². The topological polar surface area (TPSA) is 92.5 Å². The molecule has 0 atom stereocenters. The van der Waals surface area contributed by atoms with Crippen molar-refractivity contribution in [3.05, 3.63) is 186 Å². The van der Waals surface area contributed by atoms with Gasteiger partial charge in [-0.1, -0.05) is 133 Å². The molecular formula is C51H36BBrN2O4S2. The Labute approximate surface area is 368 Å². The Morgan fingerprint density at radius 2 is 0.885 bits per heavy atom. The van der Waals surface area contributed by atoms with Gasteiger partial charge in [-0.3, -0.25) is 0 Å². The van der Waals surface area contributed by atoms with Crippen molar-refractivity contribution in [3.63, 3.8) is 0 Å². The monoisotopic (exact) mass is 894 g/mol. The van der Waals surface area contributed by atoms with E-state index in [-0.39, 0.29) is 7.43 Å². The Hall–Kier alpha value is -6.40. The predicted molar refractivity (Wildman–Crippen MR) is 261 cm³/mol. The summed E-state index contributed by atoms with van der Waals surface area (Å²) in [6.45, 7) is 0. The first-order valence-corrected chi connectivity index (χ1v) is 21.6. The zero-order chi connectivity index (χ0) is 40.6. The Morgan fingerprint density at radius 3 is 1.44 bits per heavy atom. The molecule has 0 unspecified atom stereocenters. The normalized spacial score (nSPS) is 11.1. The Morgan fingerprint density at radius 1 is 0.443 bits per heavy atom. The first kappa shape index (κ1) is 40.0. The maximum atomic E-state index is 9.31. The average molecular weight is 896 g/mol. The number of rotatable bonds is 4. The standard InChI is InChI=1S/C25H15NOS.C13H8BrNO.C12H9BO2S.CH4/c1-4-11-23-19(6-1)20-8-5-7-18(24(20)28-23)16-12-14-17(15-13-16)25-26-21-9-2-3-10-22(21)27-25;14-10-7-5-9(6-8-10)13-15-11-3-1-2-4-12(11)16-13;14-13(15)10-6-3-5-9-8-4-1-2-7-11(8)16-12(9)10;/h1-15H;1-8H;1-7,14-15H;1H4. The van der Waals surface area contributed by atoms with Gasteiger partial charge in [0, 0.05) is 50.6 Å². The molecule has 4 aromatic heterocycles. The van der Waals surface area contributed by atoms with Gasteiger partial charge in [-0.2, -0.15) is 0 Å². The Balaban J connectivity index is 0.000000124. The number of benzene rings is 8. The number of hydrogen-bond acceptors (Lipinski definition) is 8. The van der Waals surface area contributed by atoms with Crippen LogP contribution in [0.15, 0.2) is 195 Å². The highest BCUT2D eigenvalue weighted by molar-refractivity contribution is 9.10. The number of nitrogens with zero attached hydrogens (tertiary/aromatic N) is 2.